The molecule has 4 aromatic carbocycles. The monoisotopic (exact) mass is 431 g/mol. The van der Waals surface area contributed by atoms with Gasteiger partial charge >= 0.3 is 0 Å². The summed E-state index contributed by atoms with van der Waals surface area (Å²) in [6.07, 6.45) is 4.88. The van der Waals surface area contributed by atoms with Crippen LogP contribution in [0.3, 0.4) is 0 Å². The zero-order valence-electron chi connectivity index (χ0n) is 20.0. The first kappa shape index (κ1) is 21.5. The molecule has 1 heterocycles. The van der Waals surface area contributed by atoms with E-state index in [0.717, 1.165) is 0 Å². The van der Waals surface area contributed by atoms with E-state index >= 15 is 0 Å². The van der Waals surface area contributed by atoms with E-state index < -0.39 is 0 Å². The molecule has 0 saturated carbocycles. The average molecular weight is 432 g/mol. The van der Waals surface area contributed by atoms with E-state index in [2.05, 4.69) is 123 Å². The second-order valence-corrected chi connectivity index (χ2v) is 9.52. The van der Waals surface area contributed by atoms with Crippen LogP contribution in [0.1, 0.15) is 52.0 Å². The Morgan fingerprint density at radius 2 is 0.970 bits per heavy atom. The molecule has 0 amide bonds. The highest BCUT2D eigenvalue weighted by Crippen LogP contribution is 2.50. The van der Waals surface area contributed by atoms with Crippen LogP contribution in [-0.4, -0.2) is 0 Å². The third-order valence-electron chi connectivity index (χ3n) is 7.22. The lowest BCUT2D eigenvalue weighted by Crippen LogP contribution is -2.21. The van der Waals surface area contributed by atoms with Gasteiger partial charge in [-0.1, -0.05) is 106 Å². The maximum atomic E-state index is 2.44. The van der Waals surface area contributed by atoms with E-state index in [1.807, 2.05) is 0 Å². The van der Waals surface area contributed by atoms with Crippen molar-refractivity contribution in [2.24, 2.45) is 0 Å². The fraction of sp³-hybridized carbons (Fsp3) is 0.250. The van der Waals surface area contributed by atoms with Crippen LogP contribution < -0.4 is 4.90 Å². The lowest BCUT2D eigenvalue weighted by Gasteiger charge is -2.31. The molecule has 5 rings (SSSR count). The first-order chi connectivity index (χ1) is 16.2. The minimum absolute atomic E-state index is 0.243. The molecule has 1 aliphatic rings. The van der Waals surface area contributed by atoms with E-state index in [1.54, 1.807) is 0 Å². The molecule has 1 aliphatic heterocycles. The lowest BCUT2D eigenvalue weighted by molar-refractivity contribution is 0.392. The number of rotatable bonds is 6. The molecule has 0 saturated heterocycles. The largest absolute Gasteiger partial charge is 0.309 e. The first-order valence-electron chi connectivity index (χ1n) is 12.3. The molecule has 33 heavy (non-hydrogen) atoms. The van der Waals surface area contributed by atoms with E-state index in [4.69, 9.17) is 0 Å². The van der Waals surface area contributed by atoms with Crippen LogP contribution >= 0.6 is 0 Å². The second kappa shape index (κ2) is 8.90. The van der Waals surface area contributed by atoms with Gasteiger partial charge in [-0.15, -0.1) is 0 Å². The van der Waals surface area contributed by atoms with Crippen LogP contribution in [0.15, 0.2) is 97.1 Å². The number of hydrogen-bond acceptors (Lipinski definition) is 1. The highest BCUT2D eigenvalue weighted by atomic mass is 15.1. The predicted octanol–water partition coefficient (Wildman–Crippen LogP) is 9.66. The molecule has 1 heteroatoms. The fourth-order valence-corrected chi connectivity index (χ4v) is 5.68. The molecule has 0 spiro atoms. The Bertz CT molecular complexity index is 1180. The number of benzene rings is 4. The summed E-state index contributed by atoms with van der Waals surface area (Å²) >= 11 is 0. The third kappa shape index (κ3) is 3.76. The summed E-state index contributed by atoms with van der Waals surface area (Å²) in [5.74, 6) is 0. The summed E-state index contributed by atoms with van der Waals surface area (Å²) in [4.78, 5) is 2.44. The van der Waals surface area contributed by atoms with Gasteiger partial charge in [0.1, 0.15) is 0 Å². The van der Waals surface area contributed by atoms with Crippen LogP contribution in [0.4, 0.5) is 17.1 Å². The smallest absolute Gasteiger partial charge is 0.0540 e. The van der Waals surface area contributed by atoms with Gasteiger partial charge in [0.2, 0.25) is 0 Å². The topological polar surface area (TPSA) is 3.24 Å². The molecular formula is C32H33N. The van der Waals surface area contributed by atoms with Gasteiger partial charge in [0.05, 0.1) is 11.4 Å². The Labute approximate surface area is 198 Å². The molecule has 4 aromatic rings. The molecule has 1 nitrogen and oxygen atoms in total. The van der Waals surface area contributed by atoms with Gasteiger partial charge in [-0.25, -0.2) is 0 Å². The van der Waals surface area contributed by atoms with Crippen molar-refractivity contribution < 1.29 is 0 Å². The van der Waals surface area contributed by atoms with Crippen LogP contribution in [-0.2, 0) is 5.41 Å². The molecule has 0 bridgehead atoms. The number of hydrogen-bond donors (Lipinski definition) is 0. The summed E-state index contributed by atoms with van der Waals surface area (Å²) in [5.41, 5.74) is 10.5. The predicted molar refractivity (Wildman–Crippen MR) is 143 cm³/mol. The fourth-order valence-electron chi connectivity index (χ4n) is 5.68. The van der Waals surface area contributed by atoms with Gasteiger partial charge in [-0.05, 0) is 59.2 Å². The van der Waals surface area contributed by atoms with E-state index in [0.29, 0.717) is 0 Å². The maximum Gasteiger partial charge on any atom is 0.0540 e. The Hall–Kier alpha value is -3.32. The Morgan fingerprint density at radius 3 is 1.42 bits per heavy atom. The minimum atomic E-state index is 0.243. The highest BCUT2D eigenvalue weighted by Gasteiger charge is 2.27. The molecule has 166 valence electrons. The van der Waals surface area contributed by atoms with Gasteiger partial charge in [-0.2, -0.15) is 0 Å². The quantitative estimate of drug-likeness (QED) is 0.259. The van der Waals surface area contributed by atoms with Crippen molar-refractivity contribution in [2.45, 2.75) is 51.9 Å². The molecular weight excluding hydrogens is 398 g/mol. The molecule has 0 radical (unpaired) electrons. The van der Waals surface area contributed by atoms with Gasteiger partial charge < -0.3 is 4.90 Å². The van der Waals surface area contributed by atoms with Gasteiger partial charge in [0.15, 0.2) is 0 Å². The number of nitrogens with zero attached hydrogens (tertiary/aromatic N) is 1. The maximum absolute atomic E-state index is 2.44. The van der Waals surface area contributed by atoms with E-state index in [-0.39, 0.29) is 5.41 Å². The second-order valence-electron chi connectivity index (χ2n) is 9.52. The summed E-state index contributed by atoms with van der Waals surface area (Å²) < 4.78 is 0. The van der Waals surface area contributed by atoms with Gasteiger partial charge in [0, 0.05) is 16.8 Å². The average Bonchev–Trinajstić information content (AvgIpc) is 2.97. The zero-order chi connectivity index (χ0) is 22.8. The Balaban J connectivity index is 1.69. The summed E-state index contributed by atoms with van der Waals surface area (Å²) in [5, 5.41) is 0. The van der Waals surface area contributed by atoms with Gasteiger partial charge in [0.25, 0.3) is 0 Å². The minimum Gasteiger partial charge on any atom is -0.309 e. The standard InChI is InChI=1S/C32H33N/c1-4-22-32(3,23-5-2)24-18-20-25(21-19-24)33-30-16-10-8-14-28(30)26-12-6-7-13-27(26)29-15-9-11-17-31(29)33/h6-21H,4-5,22-23H2,1-3H3. The molecule has 0 unspecified atom stereocenters. The van der Waals surface area contributed by atoms with Crippen molar-refractivity contribution in [3.63, 3.8) is 0 Å². The Morgan fingerprint density at radius 1 is 0.545 bits per heavy atom. The molecule has 0 N–H and O–H groups in total. The molecule has 0 atom stereocenters. The number of fused-ring (bicyclic) bond motifs is 5. The summed E-state index contributed by atoms with van der Waals surface area (Å²) in [7, 11) is 0. The van der Waals surface area contributed by atoms with Crippen molar-refractivity contribution in [2.75, 3.05) is 4.90 Å². The number of anilines is 3. The third-order valence-corrected chi connectivity index (χ3v) is 7.22. The number of para-hydroxylation sites is 2. The van der Waals surface area contributed by atoms with Crippen molar-refractivity contribution in [1.29, 1.82) is 0 Å². The first-order valence-corrected chi connectivity index (χ1v) is 12.3. The van der Waals surface area contributed by atoms with Crippen LogP contribution in [0.25, 0.3) is 22.3 Å². The molecule has 0 aliphatic carbocycles. The van der Waals surface area contributed by atoms with Gasteiger partial charge in [-0.3, -0.25) is 0 Å². The molecule has 0 aromatic heterocycles. The molecule has 0 fully saturated rings. The highest BCUT2D eigenvalue weighted by molar-refractivity contribution is 6.02. The van der Waals surface area contributed by atoms with Crippen LogP contribution in [0.5, 0.6) is 0 Å². The zero-order valence-corrected chi connectivity index (χ0v) is 20.0. The van der Waals surface area contributed by atoms with Crippen molar-refractivity contribution >= 4 is 17.1 Å². The summed E-state index contributed by atoms with van der Waals surface area (Å²) in [6.45, 7) is 7.03. The lowest BCUT2D eigenvalue weighted by atomic mass is 9.75. The van der Waals surface area contributed by atoms with Crippen molar-refractivity contribution in [3.8, 4) is 22.3 Å². The van der Waals surface area contributed by atoms with E-state index in [9.17, 15) is 0 Å². The van der Waals surface area contributed by atoms with Crippen LogP contribution in [0.2, 0.25) is 0 Å². The normalized spacial score (nSPS) is 12.5. The van der Waals surface area contributed by atoms with Crippen molar-refractivity contribution in [3.05, 3.63) is 103 Å². The van der Waals surface area contributed by atoms with E-state index in [1.165, 1.54) is 70.6 Å². The SMILES string of the molecule is CCCC(C)(CCC)c1ccc(N2c3ccccc3-c3ccccc3-c3ccccc32)cc1. The van der Waals surface area contributed by atoms with Crippen molar-refractivity contribution in [1.82, 2.24) is 0 Å². The summed E-state index contributed by atoms with van der Waals surface area (Å²) in [6, 6.07) is 35.8. The Kier molecular flexibility index (Phi) is 5.81. The van der Waals surface area contributed by atoms with Crippen LogP contribution in [0, 0.1) is 0 Å².